The van der Waals surface area contributed by atoms with E-state index in [0.717, 1.165) is 28.6 Å². The molecule has 0 saturated carbocycles. The normalized spacial score (nSPS) is 10.9. The van der Waals surface area contributed by atoms with Crippen LogP contribution in [0.5, 0.6) is 0 Å². The van der Waals surface area contributed by atoms with E-state index in [1.165, 1.54) is 4.88 Å². The summed E-state index contributed by atoms with van der Waals surface area (Å²) in [5.41, 5.74) is 5.02. The molecule has 0 radical (unpaired) electrons. The summed E-state index contributed by atoms with van der Waals surface area (Å²) in [6.45, 7) is 2.66. The Morgan fingerprint density at radius 1 is 1.38 bits per heavy atom. The predicted molar refractivity (Wildman–Crippen MR) is 85.6 cm³/mol. The number of thiazole rings is 1. The van der Waals surface area contributed by atoms with Crippen LogP contribution in [0.1, 0.15) is 16.1 Å². The lowest BCUT2D eigenvalue weighted by molar-refractivity contribution is -0.120. The Kier molecular flexibility index (Phi) is 4.01. The fourth-order valence-corrected chi connectivity index (χ4v) is 3.18. The SMILES string of the molecule is Cc1ncsc1CCNC(=O)Cc1c[nH]c2ccccc12. The molecule has 0 saturated heterocycles. The van der Waals surface area contributed by atoms with Crippen LogP contribution in [0.4, 0.5) is 0 Å². The molecule has 3 rings (SSSR count). The Labute approximate surface area is 127 Å². The first kappa shape index (κ1) is 13.8. The number of aromatic nitrogens is 2. The third-order valence-electron chi connectivity index (χ3n) is 3.55. The minimum absolute atomic E-state index is 0.0573. The Morgan fingerprint density at radius 2 is 2.24 bits per heavy atom. The number of carbonyl (C=O) groups excluding carboxylic acids is 1. The monoisotopic (exact) mass is 299 g/mol. The Morgan fingerprint density at radius 3 is 3.05 bits per heavy atom. The van der Waals surface area contributed by atoms with Gasteiger partial charge in [-0.3, -0.25) is 4.79 Å². The van der Waals surface area contributed by atoms with Crippen molar-refractivity contribution in [2.24, 2.45) is 0 Å². The highest BCUT2D eigenvalue weighted by molar-refractivity contribution is 7.09. The number of aromatic amines is 1. The van der Waals surface area contributed by atoms with Crippen LogP contribution in [-0.2, 0) is 17.6 Å². The number of para-hydroxylation sites is 1. The zero-order valence-electron chi connectivity index (χ0n) is 11.8. The molecule has 3 aromatic rings. The van der Waals surface area contributed by atoms with E-state index in [1.807, 2.05) is 42.9 Å². The summed E-state index contributed by atoms with van der Waals surface area (Å²) in [6, 6.07) is 8.03. The lowest BCUT2D eigenvalue weighted by Crippen LogP contribution is -2.27. The summed E-state index contributed by atoms with van der Waals surface area (Å²) in [6.07, 6.45) is 3.17. The molecule has 0 atom stereocenters. The number of benzene rings is 1. The van der Waals surface area contributed by atoms with Gasteiger partial charge in [0.2, 0.25) is 5.91 Å². The van der Waals surface area contributed by atoms with Crippen molar-refractivity contribution in [1.29, 1.82) is 0 Å². The molecule has 2 aromatic heterocycles. The van der Waals surface area contributed by atoms with Gasteiger partial charge in [-0.2, -0.15) is 0 Å². The molecular weight excluding hydrogens is 282 g/mol. The first-order valence-corrected chi connectivity index (χ1v) is 7.82. The van der Waals surface area contributed by atoms with Crippen LogP contribution in [0.15, 0.2) is 36.0 Å². The van der Waals surface area contributed by atoms with Crippen molar-refractivity contribution >= 4 is 28.1 Å². The van der Waals surface area contributed by atoms with E-state index < -0.39 is 0 Å². The molecule has 0 aliphatic rings. The van der Waals surface area contributed by atoms with E-state index in [0.29, 0.717) is 13.0 Å². The first-order valence-electron chi connectivity index (χ1n) is 6.94. The van der Waals surface area contributed by atoms with Gasteiger partial charge in [0.25, 0.3) is 0 Å². The molecule has 0 bridgehead atoms. The number of hydrogen-bond acceptors (Lipinski definition) is 3. The van der Waals surface area contributed by atoms with Crippen LogP contribution in [0, 0.1) is 6.92 Å². The average molecular weight is 299 g/mol. The lowest BCUT2D eigenvalue weighted by Gasteiger charge is -2.04. The third-order valence-corrected chi connectivity index (χ3v) is 4.54. The van der Waals surface area contributed by atoms with Crippen LogP contribution >= 0.6 is 11.3 Å². The molecule has 4 nitrogen and oxygen atoms in total. The molecule has 0 aliphatic carbocycles. The summed E-state index contributed by atoms with van der Waals surface area (Å²) in [5, 5.41) is 4.09. The van der Waals surface area contributed by atoms with Gasteiger partial charge >= 0.3 is 0 Å². The summed E-state index contributed by atoms with van der Waals surface area (Å²) >= 11 is 1.64. The molecule has 2 heterocycles. The Balaban J connectivity index is 1.56. The van der Waals surface area contributed by atoms with Crippen LogP contribution in [-0.4, -0.2) is 22.4 Å². The molecule has 1 amide bonds. The zero-order valence-corrected chi connectivity index (χ0v) is 12.7. The highest BCUT2D eigenvalue weighted by Crippen LogP contribution is 2.18. The summed E-state index contributed by atoms with van der Waals surface area (Å²) in [5.74, 6) is 0.0573. The van der Waals surface area contributed by atoms with Crippen molar-refractivity contribution in [3.63, 3.8) is 0 Å². The van der Waals surface area contributed by atoms with Crippen LogP contribution in [0.3, 0.4) is 0 Å². The van der Waals surface area contributed by atoms with Crippen molar-refractivity contribution in [2.45, 2.75) is 19.8 Å². The quantitative estimate of drug-likeness (QED) is 0.761. The maximum atomic E-state index is 12.0. The van der Waals surface area contributed by atoms with Crippen LogP contribution < -0.4 is 5.32 Å². The molecule has 0 spiro atoms. The molecule has 108 valence electrons. The molecule has 0 aliphatic heterocycles. The lowest BCUT2D eigenvalue weighted by atomic mass is 10.1. The number of carbonyl (C=O) groups is 1. The number of fused-ring (bicyclic) bond motifs is 1. The Hall–Kier alpha value is -2.14. The predicted octanol–water partition coefficient (Wildman–Crippen LogP) is 2.83. The standard InChI is InChI=1S/C16H17N3OS/c1-11-15(21-10-19-11)6-7-17-16(20)8-12-9-18-14-5-3-2-4-13(12)14/h2-5,9-10,18H,6-8H2,1H3,(H,17,20). The van der Waals surface area contributed by atoms with Crippen molar-refractivity contribution in [2.75, 3.05) is 6.54 Å². The van der Waals surface area contributed by atoms with E-state index in [1.54, 1.807) is 11.3 Å². The topological polar surface area (TPSA) is 57.8 Å². The van der Waals surface area contributed by atoms with Gasteiger partial charge in [0.15, 0.2) is 0 Å². The molecule has 0 unspecified atom stereocenters. The number of nitrogens with one attached hydrogen (secondary N) is 2. The van der Waals surface area contributed by atoms with Gasteiger partial charge in [-0.15, -0.1) is 11.3 Å². The van der Waals surface area contributed by atoms with E-state index in [-0.39, 0.29) is 5.91 Å². The van der Waals surface area contributed by atoms with Crippen LogP contribution in [0.2, 0.25) is 0 Å². The third kappa shape index (κ3) is 3.13. The summed E-state index contributed by atoms with van der Waals surface area (Å²) < 4.78 is 0. The molecule has 5 heteroatoms. The zero-order chi connectivity index (χ0) is 14.7. The van der Waals surface area contributed by atoms with Crippen molar-refractivity contribution in [3.8, 4) is 0 Å². The van der Waals surface area contributed by atoms with Gasteiger partial charge in [0.05, 0.1) is 17.6 Å². The summed E-state index contributed by atoms with van der Waals surface area (Å²) in [4.78, 5) is 20.7. The number of rotatable bonds is 5. The number of nitrogens with zero attached hydrogens (tertiary/aromatic N) is 1. The minimum atomic E-state index is 0.0573. The molecule has 2 N–H and O–H groups in total. The Bertz CT molecular complexity index is 760. The molecule has 1 aromatic carbocycles. The van der Waals surface area contributed by atoms with E-state index in [4.69, 9.17) is 0 Å². The first-order chi connectivity index (χ1) is 10.2. The number of aryl methyl sites for hydroxylation is 1. The largest absolute Gasteiger partial charge is 0.361 e. The number of amides is 1. The van der Waals surface area contributed by atoms with Gasteiger partial charge in [-0.25, -0.2) is 4.98 Å². The second-order valence-electron chi connectivity index (χ2n) is 5.00. The molecule has 0 fully saturated rings. The van der Waals surface area contributed by atoms with Crippen molar-refractivity contribution < 1.29 is 4.79 Å². The second kappa shape index (κ2) is 6.10. The van der Waals surface area contributed by atoms with Crippen molar-refractivity contribution in [1.82, 2.24) is 15.3 Å². The highest BCUT2D eigenvalue weighted by atomic mass is 32.1. The average Bonchev–Trinajstić information content (AvgIpc) is 3.07. The van der Waals surface area contributed by atoms with Gasteiger partial charge < -0.3 is 10.3 Å². The molecule has 21 heavy (non-hydrogen) atoms. The van der Waals surface area contributed by atoms with Gasteiger partial charge in [-0.05, 0) is 18.6 Å². The van der Waals surface area contributed by atoms with E-state index in [2.05, 4.69) is 15.3 Å². The van der Waals surface area contributed by atoms with Crippen molar-refractivity contribution in [3.05, 3.63) is 52.1 Å². The summed E-state index contributed by atoms with van der Waals surface area (Å²) in [7, 11) is 0. The van der Waals surface area contributed by atoms with Gasteiger partial charge in [-0.1, -0.05) is 18.2 Å². The fraction of sp³-hybridized carbons (Fsp3) is 0.250. The van der Waals surface area contributed by atoms with E-state index >= 15 is 0 Å². The van der Waals surface area contributed by atoms with Gasteiger partial charge in [0, 0.05) is 34.9 Å². The highest BCUT2D eigenvalue weighted by Gasteiger charge is 2.08. The second-order valence-corrected chi connectivity index (χ2v) is 5.94. The maximum absolute atomic E-state index is 12.0. The maximum Gasteiger partial charge on any atom is 0.224 e. The molecular formula is C16H17N3OS. The number of H-pyrrole nitrogens is 1. The van der Waals surface area contributed by atoms with Gasteiger partial charge in [0.1, 0.15) is 0 Å². The van der Waals surface area contributed by atoms with Crippen LogP contribution in [0.25, 0.3) is 10.9 Å². The number of hydrogen-bond donors (Lipinski definition) is 2. The fourth-order valence-electron chi connectivity index (χ4n) is 2.39. The smallest absolute Gasteiger partial charge is 0.224 e. The minimum Gasteiger partial charge on any atom is -0.361 e. The van der Waals surface area contributed by atoms with E-state index in [9.17, 15) is 4.79 Å².